The van der Waals surface area contributed by atoms with E-state index >= 15 is 0 Å². The zero-order chi connectivity index (χ0) is 18.3. The van der Waals surface area contributed by atoms with Crippen molar-refractivity contribution in [3.8, 4) is 5.75 Å². The van der Waals surface area contributed by atoms with Crippen LogP contribution in [0.5, 0.6) is 5.75 Å². The number of carbonyl (C=O) groups is 1. The van der Waals surface area contributed by atoms with Crippen molar-refractivity contribution in [2.45, 2.75) is 90.9 Å². The third-order valence-corrected chi connectivity index (χ3v) is 4.62. The Morgan fingerprint density at radius 3 is 1.92 bits per heavy atom. The summed E-state index contributed by atoms with van der Waals surface area (Å²) in [6, 6.07) is 5.32. The number of rotatable bonds is 15. The minimum atomic E-state index is -0.923. The lowest BCUT2D eigenvalue weighted by Gasteiger charge is -2.09. The fourth-order valence-corrected chi connectivity index (χ4v) is 3.06. The van der Waals surface area contributed by atoms with Gasteiger partial charge in [0.1, 0.15) is 11.3 Å². The minimum Gasteiger partial charge on any atom is -0.493 e. The van der Waals surface area contributed by atoms with Crippen LogP contribution in [0.2, 0.25) is 0 Å². The number of aromatic carboxylic acids is 1. The summed E-state index contributed by atoms with van der Waals surface area (Å²) in [5.41, 5.74) is 1.20. The SMILES string of the molecule is CCCCCCCCCCCCCCOc1ccc(C)cc1C(=O)O. The van der Waals surface area contributed by atoms with Gasteiger partial charge < -0.3 is 9.84 Å². The largest absolute Gasteiger partial charge is 0.493 e. The summed E-state index contributed by atoms with van der Waals surface area (Å²) in [6.45, 7) is 4.75. The van der Waals surface area contributed by atoms with Crippen LogP contribution < -0.4 is 4.74 Å². The van der Waals surface area contributed by atoms with Gasteiger partial charge in [-0.3, -0.25) is 0 Å². The Bertz CT molecular complexity index is 482. The Hall–Kier alpha value is -1.51. The second kappa shape index (κ2) is 13.7. The summed E-state index contributed by atoms with van der Waals surface area (Å²) in [4.78, 5) is 11.2. The van der Waals surface area contributed by atoms with Gasteiger partial charge in [-0.25, -0.2) is 4.79 Å². The first-order chi connectivity index (χ1) is 12.1. The summed E-state index contributed by atoms with van der Waals surface area (Å²) in [5, 5.41) is 9.21. The van der Waals surface area contributed by atoms with Gasteiger partial charge in [0.05, 0.1) is 6.61 Å². The highest BCUT2D eigenvalue weighted by Crippen LogP contribution is 2.20. The Morgan fingerprint density at radius 1 is 0.880 bits per heavy atom. The Labute approximate surface area is 153 Å². The molecule has 0 bridgehead atoms. The van der Waals surface area contributed by atoms with Crippen molar-refractivity contribution in [3.63, 3.8) is 0 Å². The van der Waals surface area contributed by atoms with E-state index in [2.05, 4.69) is 6.92 Å². The molecule has 1 aromatic carbocycles. The molecule has 3 heteroatoms. The first kappa shape index (κ1) is 21.5. The molecule has 0 saturated heterocycles. The molecule has 0 spiro atoms. The summed E-state index contributed by atoms with van der Waals surface area (Å²) in [6.07, 6.45) is 15.7. The fraction of sp³-hybridized carbons (Fsp3) is 0.682. The summed E-state index contributed by atoms with van der Waals surface area (Å²) >= 11 is 0. The van der Waals surface area contributed by atoms with Crippen molar-refractivity contribution in [2.24, 2.45) is 0 Å². The zero-order valence-electron chi connectivity index (χ0n) is 16.2. The van der Waals surface area contributed by atoms with Crippen LogP contribution in [0, 0.1) is 6.92 Å². The lowest BCUT2D eigenvalue weighted by atomic mass is 10.1. The normalized spacial score (nSPS) is 10.8. The molecular formula is C22H36O3. The van der Waals surface area contributed by atoms with E-state index in [0.29, 0.717) is 12.4 Å². The van der Waals surface area contributed by atoms with Gasteiger partial charge >= 0.3 is 5.97 Å². The monoisotopic (exact) mass is 348 g/mol. The van der Waals surface area contributed by atoms with Gasteiger partial charge in [-0.1, -0.05) is 89.2 Å². The molecule has 0 aliphatic heterocycles. The van der Waals surface area contributed by atoms with Crippen LogP contribution in [0.1, 0.15) is 99.9 Å². The number of aryl methyl sites for hydroxylation is 1. The van der Waals surface area contributed by atoms with Crippen molar-refractivity contribution in [3.05, 3.63) is 29.3 Å². The Morgan fingerprint density at radius 2 is 1.40 bits per heavy atom. The molecule has 0 aromatic heterocycles. The zero-order valence-corrected chi connectivity index (χ0v) is 16.2. The van der Waals surface area contributed by atoms with Crippen molar-refractivity contribution in [1.82, 2.24) is 0 Å². The van der Waals surface area contributed by atoms with E-state index < -0.39 is 5.97 Å². The van der Waals surface area contributed by atoms with Gasteiger partial charge in [0.15, 0.2) is 0 Å². The molecule has 25 heavy (non-hydrogen) atoms. The molecule has 1 rings (SSSR count). The molecule has 0 aliphatic carbocycles. The van der Waals surface area contributed by atoms with Crippen molar-refractivity contribution < 1.29 is 14.6 Å². The molecule has 1 N–H and O–H groups in total. The lowest BCUT2D eigenvalue weighted by molar-refractivity contribution is 0.0692. The topological polar surface area (TPSA) is 46.5 Å². The van der Waals surface area contributed by atoms with E-state index in [0.717, 1.165) is 18.4 Å². The molecule has 0 amide bonds. The lowest BCUT2D eigenvalue weighted by Crippen LogP contribution is -2.05. The molecule has 3 nitrogen and oxygen atoms in total. The Balaban J connectivity index is 2.00. The van der Waals surface area contributed by atoms with Crippen LogP contribution in [0.15, 0.2) is 18.2 Å². The van der Waals surface area contributed by atoms with Crippen molar-refractivity contribution >= 4 is 5.97 Å². The number of hydrogen-bond acceptors (Lipinski definition) is 2. The highest BCUT2D eigenvalue weighted by atomic mass is 16.5. The van der Waals surface area contributed by atoms with Gasteiger partial charge in [-0.05, 0) is 25.5 Å². The number of unbranched alkanes of at least 4 members (excludes halogenated alkanes) is 11. The maximum absolute atomic E-state index is 11.2. The quantitative estimate of drug-likeness (QED) is 0.356. The van der Waals surface area contributed by atoms with E-state index in [1.807, 2.05) is 13.0 Å². The molecule has 0 radical (unpaired) electrons. The second-order valence-electron chi connectivity index (χ2n) is 7.04. The molecule has 0 heterocycles. The third-order valence-electron chi connectivity index (χ3n) is 4.62. The molecule has 0 saturated carbocycles. The summed E-state index contributed by atoms with van der Waals surface area (Å²) < 4.78 is 5.66. The Kier molecular flexibility index (Phi) is 11.8. The third kappa shape index (κ3) is 10.2. The number of carboxylic acids is 1. The van der Waals surface area contributed by atoms with Crippen molar-refractivity contribution in [2.75, 3.05) is 6.61 Å². The number of benzene rings is 1. The van der Waals surface area contributed by atoms with E-state index in [-0.39, 0.29) is 5.56 Å². The number of hydrogen-bond donors (Lipinski definition) is 1. The van der Waals surface area contributed by atoms with Crippen LogP contribution in [-0.2, 0) is 0 Å². The van der Waals surface area contributed by atoms with Crippen LogP contribution in [0.4, 0.5) is 0 Å². The smallest absolute Gasteiger partial charge is 0.339 e. The van der Waals surface area contributed by atoms with Crippen LogP contribution >= 0.6 is 0 Å². The van der Waals surface area contributed by atoms with E-state index in [4.69, 9.17) is 4.74 Å². The minimum absolute atomic E-state index is 0.263. The first-order valence-electron chi connectivity index (χ1n) is 10.1. The predicted octanol–water partition coefficient (Wildman–Crippen LogP) is 6.77. The average Bonchev–Trinajstić information content (AvgIpc) is 2.60. The van der Waals surface area contributed by atoms with Gasteiger partial charge in [-0.2, -0.15) is 0 Å². The van der Waals surface area contributed by atoms with Crippen LogP contribution in [-0.4, -0.2) is 17.7 Å². The van der Waals surface area contributed by atoms with Gasteiger partial charge in [-0.15, -0.1) is 0 Å². The van der Waals surface area contributed by atoms with Gasteiger partial charge in [0.2, 0.25) is 0 Å². The van der Waals surface area contributed by atoms with E-state index in [1.54, 1.807) is 12.1 Å². The molecule has 1 aromatic rings. The molecule has 0 unspecified atom stereocenters. The maximum atomic E-state index is 11.2. The molecular weight excluding hydrogens is 312 g/mol. The summed E-state index contributed by atoms with van der Waals surface area (Å²) in [7, 11) is 0. The highest BCUT2D eigenvalue weighted by Gasteiger charge is 2.11. The summed E-state index contributed by atoms with van der Waals surface area (Å²) in [5.74, 6) is -0.436. The molecule has 0 atom stereocenters. The van der Waals surface area contributed by atoms with Gasteiger partial charge in [0.25, 0.3) is 0 Å². The average molecular weight is 349 g/mol. The molecule has 0 aliphatic rings. The second-order valence-corrected chi connectivity index (χ2v) is 7.04. The first-order valence-corrected chi connectivity index (χ1v) is 10.1. The van der Waals surface area contributed by atoms with Crippen LogP contribution in [0.3, 0.4) is 0 Å². The number of carboxylic acid groups (broad SMARTS) is 1. The van der Waals surface area contributed by atoms with E-state index in [1.165, 1.54) is 64.2 Å². The van der Waals surface area contributed by atoms with Crippen LogP contribution in [0.25, 0.3) is 0 Å². The van der Waals surface area contributed by atoms with Gasteiger partial charge in [0, 0.05) is 0 Å². The molecule has 142 valence electrons. The standard InChI is InChI=1S/C22H36O3/c1-3-4-5-6-7-8-9-10-11-12-13-14-17-25-21-16-15-19(2)18-20(21)22(23)24/h15-16,18H,3-14,17H2,1-2H3,(H,23,24). The fourth-order valence-electron chi connectivity index (χ4n) is 3.06. The molecule has 0 fully saturated rings. The maximum Gasteiger partial charge on any atom is 0.339 e. The van der Waals surface area contributed by atoms with E-state index in [9.17, 15) is 9.90 Å². The highest BCUT2D eigenvalue weighted by molar-refractivity contribution is 5.91. The number of ether oxygens (including phenoxy) is 1. The predicted molar refractivity (Wildman–Crippen MR) is 105 cm³/mol. The van der Waals surface area contributed by atoms with Crippen molar-refractivity contribution in [1.29, 1.82) is 0 Å².